The topological polar surface area (TPSA) is 69.4 Å². The molecule has 1 aromatic rings. The zero-order valence-electron chi connectivity index (χ0n) is 11.1. The number of fused-ring (bicyclic) bond motifs is 1. The first kappa shape index (κ1) is 14.2. The lowest BCUT2D eigenvalue weighted by atomic mass is 9.97. The van der Waals surface area contributed by atoms with Gasteiger partial charge in [0, 0.05) is 17.0 Å². The van der Waals surface area contributed by atoms with Crippen molar-refractivity contribution in [3.63, 3.8) is 0 Å². The maximum Gasteiger partial charge on any atom is 0.155 e. The van der Waals surface area contributed by atoms with Gasteiger partial charge in [0.15, 0.2) is 9.84 Å². The summed E-state index contributed by atoms with van der Waals surface area (Å²) in [5.41, 5.74) is 8.03. The van der Waals surface area contributed by atoms with Crippen molar-refractivity contribution in [2.75, 3.05) is 12.4 Å². The van der Waals surface area contributed by atoms with Crippen LogP contribution in [0.1, 0.15) is 36.4 Å². The molecule has 0 amide bonds. The molecule has 3 rings (SSSR count). The number of halogens is 1. The van der Waals surface area contributed by atoms with Crippen LogP contribution in [0.5, 0.6) is 5.75 Å². The third-order valence-corrected chi connectivity index (χ3v) is 6.69. The minimum absolute atomic E-state index is 0.231. The highest BCUT2D eigenvalue weighted by molar-refractivity contribution is 7.92. The summed E-state index contributed by atoms with van der Waals surface area (Å²) < 4.78 is 30.1. The highest BCUT2D eigenvalue weighted by Gasteiger charge is 2.36. The van der Waals surface area contributed by atoms with Gasteiger partial charge < -0.3 is 10.5 Å². The number of nitrogens with two attached hydrogens (primary N) is 1. The van der Waals surface area contributed by atoms with E-state index in [9.17, 15) is 8.42 Å². The fourth-order valence-electron chi connectivity index (χ4n) is 3.13. The van der Waals surface area contributed by atoms with Crippen molar-refractivity contribution in [1.29, 1.82) is 0 Å². The minimum Gasteiger partial charge on any atom is -0.493 e. The van der Waals surface area contributed by atoms with Crippen LogP contribution in [0.25, 0.3) is 0 Å². The summed E-state index contributed by atoms with van der Waals surface area (Å²) >= 11 is 6.12. The second kappa shape index (κ2) is 5.20. The van der Waals surface area contributed by atoms with E-state index in [1.54, 1.807) is 6.07 Å². The Morgan fingerprint density at radius 3 is 2.90 bits per heavy atom. The average molecular weight is 316 g/mol. The number of ether oxygens (including phenoxy) is 1. The predicted octanol–water partition coefficient (Wildman–Crippen LogP) is 2.24. The monoisotopic (exact) mass is 315 g/mol. The fourth-order valence-corrected chi connectivity index (χ4v) is 5.41. The van der Waals surface area contributed by atoms with Gasteiger partial charge in [-0.25, -0.2) is 8.42 Å². The molecule has 4 nitrogen and oxygen atoms in total. The van der Waals surface area contributed by atoms with Gasteiger partial charge in [0.05, 0.1) is 23.7 Å². The minimum atomic E-state index is -3.12. The van der Waals surface area contributed by atoms with E-state index in [0.717, 1.165) is 36.1 Å². The summed E-state index contributed by atoms with van der Waals surface area (Å²) in [7, 11) is -3.12. The van der Waals surface area contributed by atoms with Gasteiger partial charge in [-0.2, -0.15) is 0 Å². The smallest absolute Gasteiger partial charge is 0.155 e. The van der Waals surface area contributed by atoms with E-state index in [2.05, 4.69) is 0 Å². The number of sulfone groups is 1. The van der Waals surface area contributed by atoms with Crippen molar-refractivity contribution in [2.45, 2.75) is 37.0 Å². The molecule has 2 atom stereocenters. The molecule has 20 heavy (non-hydrogen) atoms. The van der Waals surface area contributed by atoms with Crippen LogP contribution in [0.15, 0.2) is 12.1 Å². The molecule has 2 heterocycles. The molecule has 6 heteroatoms. The Labute approximate surface area is 124 Å². The first-order chi connectivity index (χ1) is 9.49. The van der Waals surface area contributed by atoms with Crippen molar-refractivity contribution in [3.05, 3.63) is 28.3 Å². The number of hydrogen-bond donors (Lipinski definition) is 1. The lowest BCUT2D eigenvalue weighted by molar-refractivity contribution is 0.350. The summed E-state index contributed by atoms with van der Waals surface area (Å²) in [6, 6.07) is 3.06. The lowest BCUT2D eigenvalue weighted by Crippen LogP contribution is -2.38. The lowest BCUT2D eigenvalue weighted by Gasteiger charge is -2.28. The second-order valence-corrected chi connectivity index (χ2v) is 8.28. The van der Waals surface area contributed by atoms with E-state index in [1.165, 1.54) is 0 Å². The van der Waals surface area contributed by atoms with E-state index in [0.29, 0.717) is 18.1 Å². The zero-order valence-corrected chi connectivity index (χ0v) is 12.7. The van der Waals surface area contributed by atoms with Crippen LogP contribution in [0.3, 0.4) is 0 Å². The molecule has 0 aromatic heterocycles. The number of benzene rings is 1. The van der Waals surface area contributed by atoms with Crippen LogP contribution in [0.2, 0.25) is 5.02 Å². The molecule has 0 bridgehead atoms. The summed E-state index contributed by atoms with van der Waals surface area (Å²) in [4.78, 5) is 0. The Morgan fingerprint density at radius 2 is 2.15 bits per heavy atom. The highest BCUT2D eigenvalue weighted by Crippen LogP contribution is 2.39. The average Bonchev–Trinajstić information content (AvgIpc) is 2.84. The van der Waals surface area contributed by atoms with E-state index >= 15 is 0 Å². The van der Waals surface area contributed by atoms with Gasteiger partial charge in [0.2, 0.25) is 0 Å². The molecule has 2 aliphatic rings. The SMILES string of the molecule is NC(c1cc(Cl)cc2c1OCC2)C1CCCCS1(=O)=O. The third kappa shape index (κ3) is 2.43. The summed E-state index contributed by atoms with van der Waals surface area (Å²) in [5.74, 6) is 0.970. The molecule has 0 aliphatic carbocycles. The molecule has 2 unspecified atom stereocenters. The zero-order chi connectivity index (χ0) is 14.3. The first-order valence-corrected chi connectivity index (χ1v) is 9.00. The molecule has 0 spiro atoms. The molecule has 1 saturated heterocycles. The van der Waals surface area contributed by atoms with E-state index < -0.39 is 21.1 Å². The van der Waals surface area contributed by atoms with Gasteiger partial charge in [-0.3, -0.25) is 0 Å². The third-order valence-electron chi connectivity index (χ3n) is 4.17. The quantitative estimate of drug-likeness (QED) is 0.908. The highest BCUT2D eigenvalue weighted by atomic mass is 35.5. The largest absolute Gasteiger partial charge is 0.493 e. The maximum atomic E-state index is 12.2. The van der Waals surface area contributed by atoms with Crippen molar-refractivity contribution < 1.29 is 13.2 Å². The van der Waals surface area contributed by atoms with Crippen molar-refractivity contribution >= 4 is 21.4 Å². The van der Waals surface area contributed by atoms with Crippen molar-refractivity contribution in [3.8, 4) is 5.75 Å². The van der Waals surface area contributed by atoms with Gasteiger partial charge in [-0.05, 0) is 30.5 Å². The van der Waals surface area contributed by atoms with Crippen LogP contribution in [0, 0.1) is 0 Å². The molecule has 0 radical (unpaired) electrons. The molecule has 2 aliphatic heterocycles. The summed E-state index contributed by atoms with van der Waals surface area (Å²) in [6.45, 7) is 0.604. The van der Waals surface area contributed by atoms with E-state index in [4.69, 9.17) is 22.1 Å². The van der Waals surface area contributed by atoms with Gasteiger partial charge >= 0.3 is 0 Å². The van der Waals surface area contributed by atoms with Crippen molar-refractivity contribution in [1.82, 2.24) is 0 Å². The number of rotatable bonds is 2. The van der Waals surface area contributed by atoms with E-state index in [1.807, 2.05) is 6.07 Å². The van der Waals surface area contributed by atoms with Crippen LogP contribution >= 0.6 is 11.6 Å². The normalized spacial score (nSPS) is 25.8. The molecule has 2 N–H and O–H groups in total. The first-order valence-electron chi connectivity index (χ1n) is 6.91. The molecular formula is C14H18ClNO3S. The standard InChI is InChI=1S/C14H18ClNO3S/c15-10-7-9-4-5-19-14(9)11(8-10)13(16)12-3-1-2-6-20(12,17)18/h7-8,12-13H,1-6,16H2. The Bertz CT molecular complexity index is 630. The van der Waals surface area contributed by atoms with Crippen LogP contribution in [0.4, 0.5) is 0 Å². The second-order valence-electron chi connectivity index (χ2n) is 5.51. The Hall–Kier alpha value is -0.780. The van der Waals surface area contributed by atoms with Gasteiger partial charge in [0.1, 0.15) is 5.75 Å². The van der Waals surface area contributed by atoms with Crippen LogP contribution in [-0.4, -0.2) is 26.0 Å². The molecular weight excluding hydrogens is 298 g/mol. The molecule has 0 saturated carbocycles. The number of hydrogen-bond acceptors (Lipinski definition) is 4. The molecule has 1 aromatic carbocycles. The van der Waals surface area contributed by atoms with E-state index in [-0.39, 0.29) is 5.75 Å². The predicted molar refractivity (Wildman–Crippen MR) is 79.0 cm³/mol. The Morgan fingerprint density at radius 1 is 1.35 bits per heavy atom. The van der Waals surface area contributed by atoms with Gasteiger partial charge in [-0.15, -0.1) is 0 Å². The fraction of sp³-hybridized carbons (Fsp3) is 0.571. The Kier molecular flexibility index (Phi) is 3.69. The molecule has 110 valence electrons. The maximum absolute atomic E-state index is 12.2. The summed E-state index contributed by atoms with van der Waals surface area (Å²) in [6.07, 6.45) is 3.05. The van der Waals surface area contributed by atoms with Crippen LogP contribution in [-0.2, 0) is 16.3 Å². The molecule has 1 fully saturated rings. The summed E-state index contributed by atoms with van der Waals surface area (Å²) in [5, 5.41) is 0.0657. The van der Waals surface area contributed by atoms with Gasteiger partial charge in [-0.1, -0.05) is 18.0 Å². The van der Waals surface area contributed by atoms with Crippen LogP contribution < -0.4 is 10.5 Å². The van der Waals surface area contributed by atoms with Gasteiger partial charge in [0.25, 0.3) is 0 Å². The van der Waals surface area contributed by atoms with Crippen molar-refractivity contribution in [2.24, 2.45) is 5.73 Å². The Balaban J connectivity index is 2.01.